The van der Waals surface area contributed by atoms with Gasteiger partial charge in [0, 0.05) is 0 Å². The number of hydrogen-bond donors (Lipinski definition) is 1. The predicted octanol–water partition coefficient (Wildman–Crippen LogP) is 1.82. The van der Waals surface area contributed by atoms with Gasteiger partial charge in [0.1, 0.15) is 0 Å². The Hall–Kier alpha value is -1.31. The summed E-state index contributed by atoms with van der Waals surface area (Å²) in [5.41, 5.74) is 1.11. The van der Waals surface area contributed by atoms with Crippen molar-refractivity contribution in [3.05, 3.63) is 23.8 Å². The average Bonchev–Trinajstić information content (AvgIpc) is 3.05. The van der Waals surface area contributed by atoms with E-state index in [9.17, 15) is 14.7 Å². The molecule has 1 aliphatic carbocycles. The number of unbranched alkanes of at least 4 members (excludes halogenated alkanes) is 1. The van der Waals surface area contributed by atoms with E-state index in [2.05, 4.69) is 0 Å². The Morgan fingerprint density at radius 1 is 1.06 bits per heavy atom. The van der Waals surface area contributed by atoms with Crippen LogP contribution in [0.2, 0.25) is 0 Å². The van der Waals surface area contributed by atoms with Crippen LogP contribution in [0.25, 0.3) is 0 Å². The molecule has 0 spiro atoms. The Morgan fingerprint density at radius 2 is 1.87 bits per heavy atom. The summed E-state index contributed by atoms with van der Waals surface area (Å²) in [6.45, 7) is 0. The standard InChI is InChI=1S/C25H36IO5/c1-30-24-17-18(11-14-23(24)28)7-5-6-10-22(27)19-12-13-21(26-16-15-19)25(29)31-20-8-3-2-4-9-20/h11,14,17,19-21,28H,2-10,12-13,15-16H2,1H3/q-1. The van der Waals surface area contributed by atoms with Crippen LogP contribution in [0.3, 0.4) is 0 Å². The third-order valence-corrected chi connectivity index (χ3v) is 9.89. The summed E-state index contributed by atoms with van der Waals surface area (Å²) >= 11 is -0.215. The molecule has 1 aromatic carbocycles. The molecule has 31 heavy (non-hydrogen) atoms. The number of ether oxygens (including phenoxy) is 2. The fourth-order valence-electron chi connectivity index (χ4n) is 4.53. The van der Waals surface area contributed by atoms with Gasteiger partial charge in [-0.25, -0.2) is 0 Å². The summed E-state index contributed by atoms with van der Waals surface area (Å²) in [6, 6.07) is 5.42. The van der Waals surface area contributed by atoms with E-state index < -0.39 is 0 Å². The van der Waals surface area contributed by atoms with Crippen molar-refractivity contribution in [3.8, 4) is 11.5 Å². The van der Waals surface area contributed by atoms with Crippen LogP contribution in [0.1, 0.15) is 76.2 Å². The van der Waals surface area contributed by atoms with Crippen LogP contribution in [-0.2, 0) is 20.7 Å². The van der Waals surface area contributed by atoms with Crippen molar-refractivity contribution >= 4 is 11.8 Å². The number of phenols is 1. The first-order chi connectivity index (χ1) is 15.1. The van der Waals surface area contributed by atoms with Gasteiger partial charge < -0.3 is 5.11 Å². The van der Waals surface area contributed by atoms with Crippen molar-refractivity contribution in [1.29, 1.82) is 0 Å². The minimum absolute atomic E-state index is 0.0251. The molecule has 1 saturated carbocycles. The number of esters is 1. The Labute approximate surface area is 196 Å². The molecule has 3 rings (SSSR count). The van der Waals surface area contributed by atoms with Crippen LogP contribution in [0, 0.1) is 5.92 Å². The Kier molecular flexibility index (Phi) is 9.94. The number of hydrogen-bond acceptors (Lipinski definition) is 5. The monoisotopic (exact) mass is 543 g/mol. The van der Waals surface area contributed by atoms with E-state index in [1.54, 1.807) is 13.2 Å². The van der Waals surface area contributed by atoms with Crippen LogP contribution in [0.5, 0.6) is 11.5 Å². The zero-order valence-electron chi connectivity index (χ0n) is 18.6. The van der Waals surface area contributed by atoms with Gasteiger partial charge in [-0.05, 0) is 0 Å². The molecule has 0 amide bonds. The number of ketones is 1. The first kappa shape index (κ1) is 24.3. The van der Waals surface area contributed by atoms with E-state index >= 15 is 0 Å². The van der Waals surface area contributed by atoms with Crippen molar-refractivity contribution in [3.63, 3.8) is 0 Å². The van der Waals surface area contributed by atoms with E-state index in [1.165, 1.54) is 19.3 Å². The zero-order valence-corrected chi connectivity index (χ0v) is 20.8. The number of carbonyl (C=O) groups is 2. The van der Waals surface area contributed by atoms with Gasteiger partial charge in [-0.15, -0.1) is 0 Å². The number of benzene rings is 1. The predicted molar refractivity (Wildman–Crippen MR) is 116 cm³/mol. The third-order valence-electron chi connectivity index (χ3n) is 6.45. The molecule has 2 unspecified atom stereocenters. The van der Waals surface area contributed by atoms with Gasteiger partial charge >= 0.3 is 185 Å². The first-order valence-electron chi connectivity index (χ1n) is 11.7. The molecular formula is C25H36IO5-. The maximum atomic E-state index is 12.7. The molecule has 1 saturated heterocycles. The summed E-state index contributed by atoms with van der Waals surface area (Å²) in [5, 5.41) is 9.69. The van der Waals surface area contributed by atoms with Crippen LogP contribution < -0.4 is 25.9 Å². The fourth-order valence-corrected chi connectivity index (χ4v) is 7.70. The molecule has 0 aromatic heterocycles. The molecule has 0 radical (unpaired) electrons. The summed E-state index contributed by atoms with van der Waals surface area (Å²) in [6.07, 6.45) is 11.7. The molecule has 2 aliphatic rings. The Bertz CT molecular complexity index is 729. The van der Waals surface area contributed by atoms with Crippen LogP contribution in [0.15, 0.2) is 18.2 Å². The topological polar surface area (TPSA) is 72.8 Å². The van der Waals surface area contributed by atoms with Gasteiger partial charge in [-0.3, -0.25) is 0 Å². The smallest absolute Gasteiger partial charge is 0.504 e. The molecule has 1 N–H and O–H groups in total. The van der Waals surface area contributed by atoms with Crippen molar-refractivity contribution in [2.75, 3.05) is 11.5 Å². The molecule has 0 bridgehead atoms. The SMILES string of the molecule is COc1cc(CCCCC(=O)C2CC[I-]C(C(=O)OC3CCCCC3)CC2)ccc1O. The molecule has 2 fully saturated rings. The number of aryl methyl sites for hydroxylation is 1. The third kappa shape index (κ3) is 7.65. The number of aromatic hydroxyl groups is 1. The van der Waals surface area contributed by atoms with Gasteiger partial charge in [0.15, 0.2) is 0 Å². The van der Waals surface area contributed by atoms with Crippen molar-refractivity contribution in [2.45, 2.75) is 87.1 Å². The molecule has 174 valence electrons. The second-order valence-electron chi connectivity index (χ2n) is 8.75. The zero-order chi connectivity index (χ0) is 22.1. The summed E-state index contributed by atoms with van der Waals surface area (Å²) < 4.78 is 12.1. The molecule has 5 nitrogen and oxygen atoms in total. The molecule has 1 aliphatic heterocycles. The minimum atomic E-state index is -0.215. The van der Waals surface area contributed by atoms with Crippen molar-refractivity contribution in [1.82, 2.24) is 0 Å². The number of methoxy groups -OCH3 is 1. The summed E-state index contributed by atoms with van der Waals surface area (Å²) in [7, 11) is 1.55. The van der Waals surface area contributed by atoms with Gasteiger partial charge in [0.25, 0.3) is 0 Å². The van der Waals surface area contributed by atoms with Gasteiger partial charge in [-0.1, -0.05) is 0 Å². The molecule has 1 aromatic rings. The van der Waals surface area contributed by atoms with Gasteiger partial charge in [0.2, 0.25) is 0 Å². The Morgan fingerprint density at radius 3 is 2.65 bits per heavy atom. The maximum absolute atomic E-state index is 12.7. The van der Waals surface area contributed by atoms with E-state index in [0.29, 0.717) is 18.0 Å². The van der Waals surface area contributed by atoms with Crippen LogP contribution >= 0.6 is 0 Å². The number of Topliss-reactive ketones (excluding diaryl/α,β-unsaturated/α-hetero) is 1. The van der Waals surface area contributed by atoms with Crippen LogP contribution in [0.4, 0.5) is 0 Å². The Balaban J connectivity index is 1.36. The number of carbonyl (C=O) groups excluding carboxylic acids is 2. The quantitative estimate of drug-likeness (QED) is 0.223. The fraction of sp³-hybridized carbons (Fsp3) is 0.680. The number of phenolic OH excluding ortho intramolecular Hbond substituents is 1. The second kappa shape index (κ2) is 12.7. The van der Waals surface area contributed by atoms with E-state index in [1.807, 2.05) is 12.1 Å². The van der Waals surface area contributed by atoms with Crippen molar-refractivity contribution in [2.24, 2.45) is 5.92 Å². The first-order valence-corrected chi connectivity index (χ1v) is 14.5. The molecule has 2 atom stereocenters. The van der Waals surface area contributed by atoms with Gasteiger partial charge in [0.05, 0.1) is 7.11 Å². The molecule has 6 heteroatoms. The molecule has 1 heterocycles. The van der Waals surface area contributed by atoms with Crippen molar-refractivity contribution < 1.29 is 45.4 Å². The van der Waals surface area contributed by atoms with Gasteiger partial charge in [-0.2, -0.15) is 0 Å². The number of rotatable bonds is 9. The summed E-state index contributed by atoms with van der Waals surface area (Å²) in [4.78, 5) is 25.3. The van der Waals surface area contributed by atoms with Crippen LogP contribution in [-0.4, -0.2) is 38.4 Å². The summed E-state index contributed by atoms with van der Waals surface area (Å²) in [5.74, 6) is 1.16. The van der Waals surface area contributed by atoms with E-state index in [4.69, 9.17) is 9.47 Å². The normalized spacial score (nSPS) is 22.7. The number of halogens is 1. The molecular weight excluding hydrogens is 507 g/mol. The number of alkyl halides is 2. The second-order valence-corrected chi connectivity index (χ2v) is 12.2. The average molecular weight is 543 g/mol. The minimum Gasteiger partial charge on any atom is -0.504 e. The van der Waals surface area contributed by atoms with E-state index in [-0.39, 0.29) is 48.9 Å². The van der Waals surface area contributed by atoms with E-state index in [0.717, 1.165) is 61.4 Å².